The van der Waals surface area contributed by atoms with Crippen LogP contribution in [0.4, 0.5) is 4.39 Å². The van der Waals surface area contributed by atoms with Gasteiger partial charge in [-0.25, -0.2) is 9.37 Å². The van der Waals surface area contributed by atoms with Crippen LogP contribution in [0.15, 0.2) is 17.6 Å². The van der Waals surface area contributed by atoms with E-state index >= 15 is 0 Å². The summed E-state index contributed by atoms with van der Waals surface area (Å²) in [6.07, 6.45) is 0. The van der Waals surface area contributed by atoms with Gasteiger partial charge in [-0.05, 0) is 12.1 Å². The van der Waals surface area contributed by atoms with Crippen molar-refractivity contribution in [2.24, 2.45) is 0 Å². The van der Waals surface area contributed by atoms with Gasteiger partial charge in [0.2, 0.25) is 0 Å². The van der Waals surface area contributed by atoms with Crippen LogP contribution >= 0.6 is 11.3 Å². The number of aromatic nitrogens is 1. The lowest BCUT2D eigenvalue weighted by Crippen LogP contribution is -1.80. The Morgan fingerprint density at radius 2 is 2.33 bits per heavy atom. The van der Waals surface area contributed by atoms with Crippen LogP contribution in [0.1, 0.15) is 5.56 Å². The van der Waals surface area contributed by atoms with E-state index in [2.05, 4.69) is 4.98 Å². The number of fused-ring (bicyclic) bond motifs is 1. The highest BCUT2D eigenvalue weighted by Gasteiger charge is 2.07. The standard InChI is InChI=1S/C8H3FN2S/c9-6-2-1-5(3-10)7-8(6)12-4-11-7/h1-2,4H. The van der Waals surface area contributed by atoms with Crippen molar-refractivity contribution in [2.45, 2.75) is 0 Å². The summed E-state index contributed by atoms with van der Waals surface area (Å²) in [5.41, 5.74) is 2.42. The SMILES string of the molecule is N#Cc1ccc(F)c2scnc12. The molecule has 58 valence electrons. The number of benzene rings is 1. The molecule has 0 unspecified atom stereocenters. The number of thiazole rings is 1. The van der Waals surface area contributed by atoms with Gasteiger partial charge in [0.05, 0.1) is 15.8 Å². The summed E-state index contributed by atoms with van der Waals surface area (Å²) in [5, 5.41) is 8.64. The Morgan fingerprint density at radius 3 is 3.08 bits per heavy atom. The fraction of sp³-hybridized carbons (Fsp3) is 0. The molecule has 2 rings (SSSR count). The molecule has 0 bridgehead atoms. The second-order valence-electron chi connectivity index (χ2n) is 2.24. The third-order valence-corrected chi connectivity index (χ3v) is 2.39. The minimum atomic E-state index is -0.313. The second-order valence-corrected chi connectivity index (χ2v) is 3.09. The van der Waals surface area contributed by atoms with Gasteiger partial charge < -0.3 is 0 Å². The van der Waals surface area contributed by atoms with E-state index in [9.17, 15) is 4.39 Å². The van der Waals surface area contributed by atoms with Gasteiger partial charge in [-0.1, -0.05) is 0 Å². The van der Waals surface area contributed by atoms with Crippen LogP contribution in [-0.2, 0) is 0 Å². The van der Waals surface area contributed by atoms with E-state index in [4.69, 9.17) is 5.26 Å². The van der Waals surface area contributed by atoms with Gasteiger partial charge >= 0.3 is 0 Å². The first-order valence-corrected chi connectivity index (χ1v) is 4.12. The molecule has 0 atom stereocenters. The summed E-state index contributed by atoms with van der Waals surface area (Å²) in [6.45, 7) is 0. The van der Waals surface area contributed by atoms with Crippen LogP contribution in [0, 0.1) is 17.1 Å². The van der Waals surface area contributed by atoms with Crippen LogP contribution in [-0.4, -0.2) is 4.98 Å². The highest BCUT2D eigenvalue weighted by molar-refractivity contribution is 7.16. The van der Waals surface area contributed by atoms with Crippen molar-refractivity contribution in [3.05, 3.63) is 29.0 Å². The third kappa shape index (κ3) is 0.874. The molecule has 0 saturated heterocycles. The number of hydrogen-bond acceptors (Lipinski definition) is 3. The molecule has 1 heterocycles. The van der Waals surface area contributed by atoms with E-state index in [0.29, 0.717) is 15.8 Å². The van der Waals surface area contributed by atoms with Crippen LogP contribution in [0.2, 0.25) is 0 Å². The molecular weight excluding hydrogens is 175 g/mol. The average Bonchev–Trinajstić information content (AvgIpc) is 2.54. The lowest BCUT2D eigenvalue weighted by atomic mass is 10.2. The van der Waals surface area contributed by atoms with Crippen molar-refractivity contribution in [1.29, 1.82) is 5.26 Å². The number of hydrogen-bond donors (Lipinski definition) is 0. The zero-order valence-electron chi connectivity index (χ0n) is 5.91. The second kappa shape index (κ2) is 2.54. The maximum Gasteiger partial charge on any atom is 0.142 e. The Kier molecular flexibility index (Phi) is 1.52. The number of nitrogens with zero attached hydrogens (tertiary/aromatic N) is 2. The summed E-state index contributed by atoms with van der Waals surface area (Å²) >= 11 is 1.21. The molecule has 1 aromatic carbocycles. The van der Waals surface area contributed by atoms with Crippen molar-refractivity contribution in [3.8, 4) is 6.07 Å². The molecular formula is C8H3FN2S. The van der Waals surface area contributed by atoms with Crippen LogP contribution < -0.4 is 0 Å². The number of rotatable bonds is 0. The Labute approximate surface area is 71.9 Å². The van der Waals surface area contributed by atoms with Gasteiger partial charge in [0.25, 0.3) is 0 Å². The minimum Gasteiger partial charge on any atom is -0.243 e. The topological polar surface area (TPSA) is 36.7 Å². The maximum atomic E-state index is 13.0. The summed E-state index contributed by atoms with van der Waals surface area (Å²) in [4.78, 5) is 3.91. The molecule has 0 spiro atoms. The van der Waals surface area contributed by atoms with Gasteiger partial charge in [0, 0.05) is 0 Å². The molecule has 0 aliphatic rings. The summed E-state index contributed by atoms with van der Waals surface area (Å²) in [7, 11) is 0. The first kappa shape index (κ1) is 7.19. The fourth-order valence-electron chi connectivity index (χ4n) is 1.01. The zero-order valence-corrected chi connectivity index (χ0v) is 6.73. The zero-order chi connectivity index (χ0) is 8.55. The molecule has 0 fully saturated rings. The van der Waals surface area contributed by atoms with Crippen molar-refractivity contribution in [2.75, 3.05) is 0 Å². The minimum absolute atomic E-state index is 0.313. The van der Waals surface area contributed by atoms with Gasteiger partial charge in [-0.2, -0.15) is 5.26 Å². The van der Waals surface area contributed by atoms with Crippen molar-refractivity contribution in [3.63, 3.8) is 0 Å². The van der Waals surface area contributed by atoms with E-state index in [1.54, 1.807) is 0 Å². The van der Waals surface area contributed by atoms with Gasteiger partial charge in [-0.3, -0.25) is 0 Å². The van der Waals surface area contributed by atoms with E-state index in [-0.39, 0.29) is 5.82 Å². The van der Waals surface area contributed by atoms with Crippen molar-refractivity contribution >= 4 is 21.6 Å². The predicted molar refractivity (Wildman–Crippen MR) is 44.3 cm³/mol. The average molecular weight is 178 g/mol. The molecule has 0 N–H and O–H groups in total. The lowest BCUT2D eigenvalue weighted by molar-refractivity contribution is 0.641. The van der Waals surface area contributed by atoms with E-state index < -0.39 is 0 Å². The number of nitriles is 1. The Hall–Kier alpha value is -1.47. The van der Waals surface area contributed by atoms with Crippen molar-refractivity contribution in [1.82, 2.24) is 4.98 Å². The van der Waals surface area contributed by atoms with Gasteiger partial charge in [-0.15, -0.1) is 11.3 Å². The maximum absolute atomic E-state index is 13.0. The third-order valence-electron chi connectivity index (χ3n) is 1.56. The lowest BCUT2D eigenvalue weighted by Gasteiger charge is -1.91. The van der Waals surface area contributed by atoms with E-state index in [1.807, 2.05) is 6.07 Å². The van der Waals surface area contributed by atoms with E-state index in [1.165, 1.54) is 29.0 Å². The van der Waals surface area contributed by atoms with E-state index in [0.717, 1.165) is 0 Å². The molecule has 2 nitrogen and oxygen atoms in total. The Balaban J connectivity index is 2.94. The normalized spacial score (nSPS) is 10.0. The summed E-state index contributed by atoms with van der Waals surface area (Å²) < 4.78 is 13.4. The first-order chi connectivity index (χ1) is 5.83. The van der Waals surface area contributed by atoms with Gasteiger partial charge in [0.15, 0.2) is 0 Å². The van der Waals surface area contributed by atoms with Crippen LogP contribution in [0.5, 0.6) is 0 Å². The Bertz CT molecular complexity index is 469. The van der Waals surface area contributed by atoms with Crippen LogP contribution in [0.25, 0.3) is 10.2 Å². The highest BCUT2D eigenvalue weighted by atomic mass is 32.1. The molecule has 0 aliphatic carbocycles. The van der Waals surface area contributed by atoms with Gasteiger partial charge in [0.1, 0.15) is 17.4 Å². The molecule has 12 heavy (non-hydrogen) atoms. The fourth-order valence-corrected chi connectivity index (χ4v) is 1.73. The predicted octanol–water partition coefficient (Wildman–Crippen LogP) is 2.31. The van der Waals surface area contributed by atoms with Crippen molar-refractivity contribution < 1.29 is 4.39 Å². The molecule has 0 saturated carbocycles. The summed E-state index contributed by atoms with van der Waals surface area (Å²) in [5.74, 6) is -0.313. The smallest absolute Gasteiger partial charge is 0.142 e. The van der Waals surface area contributed by atoms with Crippen LogP contribution in [0.3, 0.4) is 0 Å². The first-order valence-electron chi connectivity index (χ1n) is 3.24. The highest BCUT2D eigenvalue weighted by Crippen LogP contribution is 2.23. The molecule has 2 aromatic rings. The molecule has 1 aromatic heterocycles. The quantitative estimate of drug-likeness (QED) is 0.620. The molecule has 0 aliphatic heterocycles. The molecule has 0 radical (unpaired) electrons. The summed E-state index contributed by atoms with van der Waals surface area (Å²) in [6, 6.07) is 4.69. The number of halogens is 1. The largest absolute Gasteiger partial charge is 0.243 e. The monoisotopic (exact) mass is 178 g/mol. The molecule has 0 amide bonds. The molecule has 4 heteroatoms. The Morgan fingerprint density at radius 1 is 1.50 bits per heavy atom.